The minimum atomic E-state index is -1.65. The van der Waals surface area contributed by atoms with Crippen LogP contribution in [0.3, 0.4) is 0 Å². The van der Waals surface area contributed by atoms with E-state index in [1.54, 1.807) is 13.8 Å². The highest BCUT2D eigenvalue weighted by atomic mass is 16.5. The van der Waals surface area contributed by atoms with Gasteiger partial charge in [0.2, 0.25) is 5.79 Å². The number of aliphatic hydroxyl groups is 3. The van der Waals surface area contributed by atoms with Crippen molar-refractivity contribution in [1.82, 2.24) is 0 Å². The van der Waals surface area contributed by atoms with Crippen molar-refractivity contribution in [1.29, 1.82) is 0 Å². The maximum Gasteiger partial charge on any atom is 0.216 e. The van der Waals surface area contributed by atoms with Crippen molar-refractivity contribution in [3.8, 4) is 0 Å². The number of aliphatic hydroxyl groups excluding tert-OH is 1. The quantitative estimate of drug-likeness (QED) is 0.415. The van der Waals surface area contributed by atoms with Crippen LogP contribution in [0.2, 0.25) is 0 Å². The number of hydrogen-bond donors (Lipinski definition) is 3. The molecule has 0 aromatic heterocycles. The number of nitrogens with zero attached hydrogens (tertiary/aromatic N) is 1. The number of quaternary nitrogens is 1. The molecule has 0 fully saturated rings. The molecule has 0 radical (unpaired) electrons. The van der Waals surface area contributed by atoms with E-state index in [2.05, 4.69) is 0 Å². The lowest BCUT2D eigenvalue weighted by atomic mass is 10.0. The van der Waals surface area contributed by atoms with Crippen molar-refractivity contribution < 1.29 is 25.3 Å². The minimum absolute atomic E-state index is 0. The van der Waals surface area contributed by atoms with Crippen LogP contribution in [0.25, 0.3) is 0 Å². The van der Waals surface area contributed by atoms with E-state index in [1.807, 2.05) is 14.1 Å². The van der Waals surface area contributed by atoms with Gasteiger partial charge in [0.15, 0.2) is 0 Å². The molecular formula is C9H23NO4. The van der Waals surface area contributed by atoms with E-state index in [0.717, 1.165) is 0 Å². The summed E-state index contributed by atoms with van der Waals surface area (Å²) in [5.74, 6) is -1.65. The predicted molar refractivity (Wildman–Crippen MR) is 52.9 cm³/mol. The Morgan fingerprint density at radius 1 is 1.29 bits per heavy atom. The Bertz CT molecular complexity index is 159. The Labute approximate surface area is 85.5 Å². The molecule has 0 spiro atoms. The van der Waals surface area contributed by atoms with Gasteiger partial charge in [0.05, 0.1) is 20.7 Å². The zero-order valence-electron chi connectivity index (χ0n) is 9.43. The second-order valence-electron chi connectivity index (χ2n) is 4.13. The van der Waals surface area contributed by atoms with Crippen molar-refractivity contribution in [2.45, 2.75) is 32.1 Å². The van der Waals surface area contributed by atoms with Crippen molar-refractivity contribution in [2.24, 2.45) is 0 Å². The Morgan fingerprint density at radius 3 is 2.00 bits per heavy atom. The van der Waals surface area contributed by atoms with Crippen LogP contribution in [0.1, 0.15) is 20.3 Å². The molecular weight excluding hydrogens is 186 g/mol. The van der Waals surface area contributed by atoms with E-state index in [4.69, 9.17) is 5.11 Å². The third-order valence-corrected chi connectivity index (χ3v) is 2.91. The molecule has 0 rings (SSSR count). The maximum atomic E-state index is 9.61. The van der Waals surface area contributed by atoms with Crippen molar-refractivity contribution in [2.75, 3.05) is 27.2 Å². The van der Waals surface area contributed by atoms with E-state index >= 15 is 0 Å². The van der Waals surface area contributed by atoms with Crippen molar-refractivity contribution >= 4 is 0 Å². The average molecular weight is 209 g/mol. The minimum Gasteiger partial charge on any atom is -0.870 e. The smallest absolute Gasteiger partial charge is 0.216 e. The number of likely N-dealkylation sites (N-methyl/N-ethyl adjacent to an activating group) is 1. The summed E-state index contributed by atoms with van der Waals surface area (Å²) >= 11 is 0. The normalized spacial score (nSPS) is 14.8. The van der Waals surface area contributed by atoms with Crippen LogP contribution in [-0.2, 0) is 0 Å². The summed E-state index contributed by atoms with van der Waals surface area (Å²) in [4.78, 5) is 0. The molecule has 0 aromatic rings. The van der Waals surface area contributed by atoms with Crippen LogP contribution in [0.15, 0.2) is 0 Å². The zero-order chi connectivity index (χ0) is 10.7. The molecule has 5 heteroatoms. The lowest BCUT2D eigenvalue weighted by molar-refractivity contribution is -0.924. The van der Waals surface area contributed by atoms with Gasteiger partial charge in [0, 0.05) is 6.42 Å². The molecule has 1 atom stereocenters. The third-order valence-electron chi connectivity index (χ3n) is 2.91. The summed E-state index contributed by atoms with van der Waals surface area (Å²) in [6.45, 7) is 4.08. The molecule has 0 saturated heterocycles. The van der Waals surface area contributed by atoms with Gasteiger partial charge >= 0.3 is 0 Å². The van der Waals surface area contributed by atoms with Gasteiger partial charge in [-0.3, -0.25) is 0 Å². The molecule has 0 amide bonds. The van der Waals surface area contributed by atoms with Crippen LogP contribution in [0.5, 0.6) is 0 Å². The standard InChI is InChI=1S/C9H22NO3.H2O/c1-5-9(12,13)8(2)10(3,4)6-7-11;/h8,11-13H,5-7H2,1-4H3;1H2/q+1;/p-1. The Kier molecular flexibility index (Phi) is 6.52. The second-order valence-corrected chi connectivity index (χ2v) is 4.13. The molecule has 0 aliphatic carbocycles. The number of rotatable bonds is 5. The molecule has 0 heterocycles. The lowest BCUT2D eigenvalue weighted by Gasteiger charge is -2.41. The van der Waals surface area contributed by atoms with Gasteiger partial charge in [-0.15, -0.1) is 0 Å². The summed E-state index contributed by atoms with van der Waals surface area (Å²) < 4.78 is 0.400. The van der Waals surface area contributed by atoms with Gasteiger partial charge in [-0.25, -0.2) is 0 Å². The van der Waals surface area contributed by atoms with Crippen LogP contribution >= 0.6 is 0 Å². The van der Waals surface area contributed by atoms with Crippen molar-refractivity contribution in [3.05, 3.63) is 0 Å². The molecule has 0 aliphatic rings. The maximum absolute atomic E-state index is 9.61. The zero-order valence-corrected chi connectivity index (χ0v) is 9.43. The summed E-state index contributed by atoms with van der Waals surface area (Å²) in [6, 6.07) is -0.315. The second kappa shape index (κ2) is 5.63. The highest BCUT2D eigenvalue weighted by molar-refractivity contribution is 4.70. The average Bonchev–Trinajstić information content (AvgIpc) is 2.03. The summed E-state index contributed by atoms with van der Waals surface area (Å²) in [6.07, 6.45) is 0.293. The van der Waals surface area contributed by atoms with Gasteiger partial charge in [0.1, 0.15) is 12.6 Å². The predicted octanol–water partition coefficient (Wildman–Crippen LogP) is -0.642. The van der Waals surface area contributed by atoms with E-state index in [-0.39, 0.29) is 18.1 Å². The molecule has 0 aliphatic heterocycles. The Hall–Kier alpha value is -0.200. The lowest BCUT2D eigenvalue weighted by Crippen LogP contribution is -2.60. The van der Waals surface area contributed by atoms with Gasteiger partial charge in [-0.05, 0) is 6.92 Å². The largest absolute Gasteiger partial charge is 0.870 e. The van der Waals surface area contributed by atoms with Gasteiger partial charge in [0.25, 0.3) is 0 Å². The van der Waals surface area contributed by atoms with Gasteiger partial charge in [-0.2, -0.15) is 0 Å². The molecule has 0 aromatic carbocycles. The summed E-state index contributed by atoms with van der Waals surface area (Å²) in [7, 11) is 3.75. The molecule has 0 bridgehead atoms. The first-order valence-electron chi connectivity index (χ1n) is 4.66. The third kappa shape index (κ3) is 3.89. The molecule has 0 saturated carbocycles. The highest BCUT2D eigenvalue weighted by Crippen LogP contribution is 2.20. The first-order valence-corrected chi connectivity index (χ1v) is 4.66. The fourth-order valence-electron chi connectivity index (χ4n) is 1.31. The van der Waals surface area contributed by atoms with Gasteiger partial charge < -0.3 is 25.3 Å². The first kappa shape index (κ1) is 16.2. The molecule has 88 valence electrons. The monoisotopic (exact) mass is 209 g/mol. The fourth-order valence-corrected chi connectivity index (χ4v) is 1.31. The topological polar surface area (TPSA) is 90.7 Å². The highest BCUT2D eigenvalue weighted by Gasteiger charge is 2.40. The van der Waals surface area contributed by atoms with E-state index in [9.17, 15) is 10.2 Å². The van der Waals surface area contributed by atoms with E-state index in [1.165, 1.54) is 0 Å². The van der Waals surface area contributed by atoms with Crippen molar-refractivity contribution in [3.63, 3.8) is 0 Å². The SMILES string of the molecule is CCC(O)(O)C(C)[N+](C)(C)CCO.[OH-]. The van der Waals surface area contributed by atoms with E-state index < -0.39 is 5.79 Å². The first-order chi connectivity index (χ1) is 5.78. The van der Waals surface area contributed by atoms with Crippen LogP contribution < -0.4 is 0 Å². The van der Waals surface area contributed by atoms with Crippen LogP contribution in [0, 0.1) is 0 Å². The van der Waals surface area contributed by atoms with E-state index in [0.29, 0.717) is 17.4 Å². The summed E-state index contributed by atoms with van der Waals surface area (Å²) in [5, 5.41) is 28.0. The fraction of sp³-hybridized carbons (Fsp3) is 1.00. The number of hydrogen-bond acceptors (Lipinski definition) is 4. The van der Waals surface area contributed by atoms with Crippen LogP contribution in [0.4, 0.5) is 0 Å². The molecule has 14 heavy (non-hydrogen) atoms. The molecule has 4 N–H and O–H groups in total. The molecule has 1 unspecified atom stereocenters. The Morgan fingerprint density at radius 2 is 1.71 bits per heavy atom. The van der Waals surface area contributed by atoms with Crippen LogP contribution in [-0.4, -0.2) is 64.4 Å². The van der Waals surface area contributed by atoms with Gasteiger partial charge in [-0.1, -0.05) is 6.92 Å². The molecule has 5 nitrogen and oxygen atoms in total. The summed E-state index contributed by atoms with van der Waals surface area (Å²) in [5.41, 5.74) is 0. The Balaban J connectivity index is 0.